The Hall–Kier alpha value is -1.04. The Bertz CT molecular complexity index is 163. The van der Waals surface area contributed by atoms with Gasteiger partial charge in [0, 0.05) is 0 Å². The molecule has 0 unspecified atom stereocenters. The molecule has 0 heteroatoms. The maximum Gasteiger partial charge on any atom is -0.0263 e. The van der Waals surface area contributed by atoms with Gasteiger partial charge in [-0.15, -0.1) is 0 Å². The van der Waals surface area contributed by atoms with Gasteiger partial charge in [0.15, 0.2) is 0 Å². The molecule has 0 nitrogen and oxygen atoms in total. The third-order valence-corrected chi connectivity index (χ3v) is 1.04. The van der Waals surface area contributed by atoms with E-state index in [2.05, 4.69) is 6.58 Å². The van der Waals surface area contributed by atoms with Gasteiger partial charge in [-0.1, -0.05) is 43.0 Å². The standard InChI is InChI=1S/C8H8/c1-2-8-6-4-3-5-7-8/h2-7H,1H2/i1+1. The normalized spacial score (nSPS) is 8.50. The third kappa shape index (κ3) is 0.969. The van der Waals surface area contributed by atoms with Crippen LogP contribution in [-0.4, -0.2) is 0 Å². The fourth-order valence-electron chi connectivity index (χ4n) is 0.589. The molecule has 0 saturated carbocycles. The largest absolute Gasteiger partial charge is 0.0985 e. The molecule has 0 heterocycles. The zero-order chi connectivity index (χ0) is 5.82. The van der Waals surface area contributed by atoms with Crippen LogP contribution in [0.5, 0.6) is 0 Å². The molecule has 0 aromatic heterocycles. The van der Waals surface area contributed by atoms with Gasteiger partial charge >= 0.3 is 0 Å². The summed E-state index contributed by atoms with van der Waals surface area (Å²) in [4.78, 5) is 0. The number of hydrogen-bond donors (Lipinski definition) is 0. The summed E-state index contributed by atoms with van der Waals surface area (Å²) < 4.78 is 0. The van der Waals surface area contributed by atoms with Crippen molar-refractivity contribution in [3.8, 4) is 0 Å². The van der Waals surface area contributed by atoms with Crippen LogP contribution in [0.1, 0.15) is 5.56 Å². The van der Waals surface area contributed by atoms with E-state index in [1.165, 1.54) is 5.56 Å². The van der Waals surface area contributed by atoms with Gasteiger partial charge in [0.2, 0.25) is 0 Å². The Morgan fingerprint density at radius 1 is 1.12 bits per heavy atom. The van der Waals surface area contributed by atoms with Crippen LogP contribution < -0.4 is 0 Å². The molecule has 1 rings (SSSR count). The first kappa shape index (κ1) is 5.10. The molecule has 1 aromatic rings. The second-order valence-electron chi connectivity index (χ2n) is 1.61. The first-order valence-corrected chi connectivity index (χ1v) is 2.61. The molecule has 40 valence electrons. The van der Waals surface area contributed by atoms with Crippen molar-refractivity contribution < 1.29 is 0 Å². The number of hydrogen-bond acceptors (Lipinski definition) is 0. The maximum atomic E-state index is 3.63. The molecule has 0 bridgehead atoms. The second kappa shape index (κ2) is 2.31. The van der Waals surface area contributed by atoms with Crippen LogP contribution in [0.15, 0.2) is 36.9 Å². The highest BCUT2D eigenvalue weighted by atomic mass is 13.9. The summed E-state index contributed by atoms with van der Waals surface area (Å²) in [6.45, 7) is 3.63. The van der Waals surface area contributed by atoms with E-state index in [0.29, 0.717) is 0 Å². The smallest absolute Gasteiger partial charge is 0.0263 e. The monoisotopic (exact) mass is 105 g/mol. The van der Waals surface area contributed by atoms with E-state index >= 15 is 0 Å². The molecule has 0 spiro atoms. The van der Waals surface area contributed by atoms with Crippen LogP contribution in [0, 0.1) is 0 Å². The highest BCUT2D eigenvalue weighted by Gasteiger charge is 1.75. The molecule has 0 amide bonds. The molecule has 0 aliphatic rings. The van der Waals surface area contributed by atoms with Gasteiger partial charge in [-0.3, -0.25) is 0 Å². The van der Waals surface area contributed by atoms with Crippen LogP contribution in [-0.2, 0) is 0 Å². The van der Waals surface area contributed by atoms with Gasteiger partial charge in [-0.25, -0.2) is 0 Å². The molecule has 0 aliphatic carbocycles. The zero-order valence-corrected chi connectivity index (χ0v) is 4.67. The van der Waals surface area contributed by atoms with Crippen LogP contribution in [0.25, 0.3) is 6.08 Å². The van der Waals surface area contributed by atoms with Crippen LogP contribution in [0.4, 0.5) is 0 Å². The summed E-state index contributed by atoms with van der Waals surface area (Å²) in [6.07, 6.45) is 1.83. The van der Waals surface area contributed by atoms with E-state index in [4.69, 9.17) is 0 Å². The molecule has 0 radical (unpaired) electrons. The summed E-state index contributed by atoms with van der Waals surface area (Å²) >= 11 is 0. The molecule has 0 fully saturated rings. The van der Waals surface area contributed by atoms with E-state index in [0.717, 1.165) is 0 Å². The Balaban J connectivity index is 2.99. The topological polar surface area (TPSA) is 0 Å². The van der Waals surface area contributed by atoms with Gasteiger partial charge in [0.05, 0.1) is 0 Å². The first-order chi connectivity index (χ1) is 3.93. The van der Waals surface area contributed by atoms with Crippen molar-refractivity contribution >= 4 is 6.08 Å². The van der Waals surface area contributed by atoms with Gasteiger partial charge < -0.3 is 0 Å². The second-order valence-corrected chi connectivity index (χ2v) is 1.61. The predicted molar refractivity (Wildman–Crippen MR) is 36.5 cm³/mol. The van der Waals surface area contributed by atoms with Gasteiger partial charge in [-0.2, -0.15) is 0 Å². The molecule has 0 saturated heterocycles. The Kier molecular flexibility index (Phi) is 1.48. The van der Waals surface area contributed by atoms with Crippen LogP contribution in [0.2, 0.25) is 0 Å². The molecule has 1 aromatic carbocycles. The quantitative estimate of drug-likeness (QED) is 0.481. The molecular formula is C8H8. The summed E-state index contributed by atoms with van der Waals surface area (Å²) in [5, 5.41) is 0. The van der Waals surface area contributed by atoms with E-state index in [1.807, 2.05) is 36.4 Å². The maximum absolute atomic E-state index is 3.63. The number of rotatable bonds is 1. The van der Waals surface area contributed by atoms with Gasteiger partial charge in [0.25, 0.3) is 0 Å². The average Bonchev–Trinajstić information content (AvgIpc) is 1.90. The molecular weight excluding hydrogens is 97.1 g/mol. The lowest BCUT2D eigenvalue weighted by Gasteiger charge is -1.85. The van der Waals surface area contributed by atoms with E-state index < -0.39 is 0 Å². The van der Waals surface area contributed by atoms with Crippen molar-refractivity contribution in [3.63, 3.8) is 0 Å². The lowest BCUT2D eigenvalue weighted by atomic mass is 10.2. The molecule has 0 atom stereocenters. The lowest BCUT2D eigenvalue weighted by Crippen LogP contribution is -1.63. The van der Waals surface area contributed by atoms with Gasteiger partial charge in [0.1, 0.15) is 0 Å². The molecule has 8 heavy (non-hydrogen) atoms. The van der Waals surface area contributed by atoms with Crippen molar-refractivity contribution in [3.05, 3.63) is 42.5 Å². The van der Waals surface area contributed by atoms with Crippen molar-refractivity contribution in [1.29, 1.82) is 0 Å². The fourth-order valence-corrected chi connectivity index (χ4v) is 0.589. The number of benzene rings is 1. The van der Waals surface area contributed by atoms with Crippen molar-refractivity contribution in [2.45, 2.75) is 0 Å². The van der Waals surface area contributed by atoms with Crippen molar-refractivity contribution in [2.75, 3.05) is 0 Å². The fraction of sp³-hybridized carbons (Fsp3) is 0. The zero-order valence-electron chi connectivity index (χ0n) is 4.67. The summed E-state index contributed by atoms with van der Waals surface area (Å²) in [7, 11) is 0. The Labute approximate surface area is 49.5 Å². The molecule has 0 N–H and O–H groups in total. The Morgan fingerprint density at radius 3 is 2.12 bits per heavy atom. The van der Waals surface area contributed by atoms with E-state index in [-0.39, 0.29) is 0 Å². The highest BCUT2D eigenvalue weighted by molar-refractivity contribution is 5.45. The summed E-state index contributed by atoms with van der Waals surface area (Å²) in [6, 6.07) is 10.0. The van der Waals surface area contributed by atoms with E-state index in [1.54, 1.807) is 0 Å². The van der Waals surface area contributed by atoms with Crippen molar-refractivity contribution in [1.82, 2.24) is 0 Å². The van der Waals surface area contributed by atoms with Gasteiger partial charge in [-0.05, 0) is 5.56 Å². The summed E-state index contributed by atoms with van der Waals surface area (Å²) in [5.41, 5.74) is 1.17. The first-order valence-electron chi connectivity index (χ1n) is 2.61. The lowest BCUT2D eigenvalue weighted by molar-refractivity contribution is 1.67. The van der Waals surface area contributed by atoms with E-state index in [9.17, 15) is 0 Å². The minimum Gasteiger partial charge on any atom is -0.0985 e. The molecule has 0 aliphatic heterocycles. The average molecular weight is 105 g/mol. The van der Waals surface area contributed by atoms with Crippen LogP contribution >= 0.6 is 0 Å². The van der Waals surface area contributed by atoms with Crippen LogP contribution in [0.3, 0.4) is 0 Å². The third-order valence-electron chi connectivity index (χ3n) is 1.04. The SMILES string of the molecule is [13CH2]=Cc1ccccc1. The highest BCUT2D eigenvalue weighted by Crippen LogP contribution is 1.97. The summed E-state index contributed by atoms with van der Waals surface area (Å²) in [5.74, 6) is 0. The minimum absolute atomic E-state index is 1.17. The minimum atomic E-state index is 1.17. The predicted octanol–water partition coefficient (Wildman–Crippen LogP) is 2.33. The Morgan fingerprint density at radius 2 is 1.75 bits per heavy atom. The van der Waals surface area contributed by atoms with Crippen molar-refractivity contribution in [2.24, 2.45) is 0 Å².